The summed E-state index contributed by atoms with van der Waals surface area (Å²) < 4.78 is 11.5. The number of methoxy groups -OCH3 is 1. The van der Waals surface area contributed by atoms with Gasteiger partial charge in [-0.2, -0.15) is 0 Å². The van der Waals surface area contributed by atoms with Crippen molar-refractivity contribution in [3.63, 3.8) is 0 Å². The molecule has 0 unspecified atom stereocenters. The van der Waals surface area contributed by atoms with Crippen molar-refractivity contribution < 1.29 is 13.9 Å². The lowest BCUT2D eigenvalue weighted by molar-refractivity contribution is -0.113. The van der Waals surface area contributed by atoms with Gasteiger partial charge in [0.2, 0.25) is 5.91 Å². The van der Waals surface area contributed by atoms with E-state index in [1.54, 1.807) is 7.11 Å². The van der Waals surface area contributed by atoms with Gasteiger partial charge in [0.15, 0.2) is 10.9 Å². The van der Waals surface area contributed by atoms with Crippen LogP contribution in [0.5, 0.6) is 5.75 Å². The molecule has 5 nitrogen and oxygen atoms in total. The summed E-state index contributed by atoms with van der Waals surface area (Å²) >= 11 is 12.9. The van der Waals surface area contributed by atoms with Crippen LogP contribution in [0.4, 0.5) is 5.13 Å². The lowest BCUT2D eigenvalue weighted by atomic mass is 10.0. The second-order valence-corrected chi connectivity index (χ2v) is 7.46. The summed E-state index contributed by atoms with van der Waals surface area (Å²) in [6, 6.07) is 13.1. The topological polar surface area (TPSA) is 64.4 Å². The monoisotopic (exact) mass is 432 g/mol. The van der Waals surface area contributed by atoms with Crippen LogP contribution in [0, 0.1) is 0 Å². The van der Waals surface area contributed by atoms with Crippen LogP contribution in [0.15, 0.2) is 52.3 Å². The average Bonchev–Trinajstić information content (AvgIpc) is 3.32. The van der Waals surface area contributed by atoms with Crippen molar-refractivity contribution in [2.45, 2.75) is 0 Å². The van der Waals surface area contributed by atoms with Crippen LogP contribution in [0.1, 0.15) is 0 Å². The van der Waals surface area contributed by atoms with E-state index in [9.17, 15) is 4.79 Å². The fraction of sp³-hybridized carbons (Fsp3) is 0.100. The number of anilines is 1. The van der Waals surface area contributed by atoms with Gasteiger partial charge < -0.3 is 14.5 Å². The van der Waals surface area contributed by atoms with E-state index in [0.29, 0.717) is 27.2 Å². The number of rotatable bonds is 5. The van der Waals surface area contributed by atoms with Crippen molar-refractivity contribution in [3.05, 3.63) is 52.9 Å². The first-order valence-corrected chi connectivity index (χ1v) is 10.1. The molecule has 4 aromatic rings. The third-order valence-corrected chi connectivity index (χ3v) is 5.39. The van der Waals surface area contributed by atoms with Gasteiger partial charge in [-0.15, -0.1) is 22.9 Å². The first kappa shape index (κ1) is 18.8. The molecule has 8 heteroatoms. The van der Waals surface area contributed by atoms with E-state index < -0.39 is 0 Å². The second-order valence-electron chi connectivity index (χ2n) is 5.89. The van der Waals surface area contributed by atoms with Crippen molar-refractivity contribution in [3.8, 4) is 28.3 Å². The number of fused-ring (bicyclic) bond motifs is 1. The number of furan rings is 1. The van der Waals surface area contributed by atoms with Crippen molar-refractivity contribution >= 4 is 56.5 Å². The van der Waals surface area contributed by atoms with Crippen LogP contribution in [-0.4, -0.2) is 23.9 Å². The number of aromatic nitrogens is 1. The number of hydrogen-bond donors (Lipinski definition) is 1. The largest absolute Gasteiger partial charge is 0.497 e. The van der Waals surface area contributed by atoms with Gasteiger partial charge in [0.25, 0.3) is 0 Å². The minimum atomic E-state index is -0.310. The van der Waals surface area contributed by atoms with Gasteiger partial charge in [-0.05, 0) is 35.9 Å². The van der Waals surface area contributed by atoms with E-state index in [2.05, 4.69) is 10.3 Å². The minimum Gasteiger partial charge on any atom is -0.497 e. The number of carbonyl (C=O) groups excluding carboxylic acids is 1. The Morgan fingerprint density at radius 2 is 2.04 bits per heavy atom. The third kappa shape index (κ3) is 3.58. The molecule has 2 heterocycles. The highest BCUT2D eigenvalue weighted by molar-refractivity contribution is 7.14. The van der Waals surface area contributed by atoms with Crippen LogP contribution in [0.3, 0.4) is 0 Å². The van der Waals surface area contributed by atoms with E-state index in [1.807, 2.05) is 47.8 Å². The molecule has 0 bridgehead atoms. The molecule has 0 fully saturated rings. The first-order valence-electron chi connectivity index (χ1n) is 8.27. The number of nitrogens with one attached hydrogen (secondary N) is 1. The van der Waals surface area contributed by atoms with Crippen LogP contribution >= 0.6 is 34.5 Å². The van der Waals surface area contributed by atoms with E-state index in [1.165, 1.54) is 11.3 Å². The first-order chi connectivity index (χ1) is 13.6. The minimum absolute atomic E-state index is 0.130. The molecular weight excluding hydrogens is 419 g/mol. The number of benzene rings is 2. The molecule has 0 saturated heterocycles. The maximum absolute atomic E-state index is 11.5. The molecule has 0 saturated carbocycles. The molecule has 0 spiro atoms. The Morgan fingerprint density at radius 1 is 1.25 bits per heavy atom. The molecule has 2 aromatic carbocycles. The number of alkyl halides is 1. The number of hydrogen-bond acceptors (Lipinski definition) is 5. The predicted octanol–water partition coefficient (Wildman–Crippen LogP) is 6.06. The molecule has 1 amide bonds. The number of nitrogens with zero attached hydrogens (tertiary/aromatic N) is 1. The normalized spacial score (nSPS) is 11.0. The van der Waals surface area contributed by atoms with Gasteiger partial charge in [-0.3, -0.25) is 4.79 Å². The Labute approximate surface area is 174 Å². The number of halogens is 2. The lowest BCUT2D eigenvalue weighted by Crippen LogP contribution is -2.12. The van der Waals surface area contributed by atoms with Crippen LogP contribution in [0.25, 0.3) is 33.6 Å². The van der Waals surface area contributed by atoms with Crippen LogP contribution in [-0.2, 0) is 4.79 Å². The van der Waals surface area contributed by atoms with Gasteiger partial charge in [0.1, 0.15) is 22.9 Å². The number of thiazole rings is 1. The Hall–Kier alpha value is -2.54. The highest BCUT2D eigenvalue weighted by Crippen LogP contribution is 2.42. The fourth-order valence-electron chi connectivity index (χ4n) is 2.88. The maximum Gasteiger partial charge on any atom is 0.241 e. The SMILES string of the molecule is COc1ccc2oc(-c3csc(NC(=O)CCl)n3)c(-c3ccc(Cl)cc3)c2c1. The van der Waals surface area contributed by atoms with E-state index >= 15 is 0 Å². The highest BCUT2D eigenvalue weighted by atomic mass is 35.5. The molecule has 0 aliphatic heterocycles. The number of amides is 1. The standard InChI is InChI=1S/C20H14Cl2N2O3S/c1-26-13-6-7-16-14(8-13)18(11-2-4-12(22)5-3-11)19(27-16)15-10-28-20(23-15)24-17(25)9-21/h2-8,10H,9H2,1H3,(H,23,24,25). The van der Waals surface area contributed by atoms with Crippen molar-refractivity contribution in [1.82, 2.24) is 4.98 Å². The molecule has 4 rings (SSSR count). The molecule has 28 heavy (non-hydrogen) atoms. The van der Waals surface area contributed by atoms with Crippen molar-refractivity contribution in [2.75, 3.05) is 18.3 Å². The quantitative estimate of drug-likeness (QED) is 0.389. The molecular formula is C20H14Cl2N2O3S. The smallest absolute Gasteiger partial charge is 0.241 e. The Morgan fingerprint density at radius 3 is 2.75 bits per heavy atom. The van der Waals surface area contributed by atoms with Crippen molar-refractivity contribution in [1.29, 1.82) is 0 Å². The summed E-state index contributed by atoms with van der Waals surface area (Å²) in [6.07, 6.45) is 0. The zero-order valence-electron chi connectivity index (χ0n) is 14.7. The van der Waals surface area contributed by atoms with Gasteiger partial charge in [-0.25, -0.2) is 4.98 Å². The summed E-state index contributed by atoms with van der Waals surface area (Å²) in [5, 5.41) is 6.50. The van der Waals surface area contributed by atoms with Gasteiger partial charge in [-0.1, -0.05) is 23.7 Å². The maximum atomic E-state index is 11.5. The molecule has 0 aliphatic rings. The third-order valence-electron chi connectivity index (χ3n) is 4.13. The van der Waals surface area contributed by atoms with E-state index in [4.69, 9.17) is 32.4 Å². The molecule has 0 atom stereocenters. The Bertz CT molecular complexity index is 1150. The van der Waals surface area contributed by atoms with Gasteiger partial charge >= 0.3 is 0 Å². The molecule has 1 N–H and O–H groups in total. The average molecular weight is 433 g/mol. The van der Waals surface area contributed by atoms with Gasteiger partial charge in [0, 0.05) is 21.4 Å². The molecule has 142 valence electrons. The summed E-state index contributed by atoms with van der Waals surface area (Å²) in [4.78, 5) is 16.0. The fourth-order valence-corrected chi connectivity index (χ4v) is 3.77. The zero-order valence-corrected chi connectivity index (χ0v) is 17.0. The zero-order chi connectivity index (χ0) is 19.7. The lowest BCUT2D eigenvalue weighted by Gasteiger charge is -2.03. The van der Waals surface area contributed by atoms with Gasteiger partial charge in [0.05, 0.1) is 7.11 Å². The highest BCUT2D eigenvalue weighted by Gasteiger charge is 2.21. The summed E-state index contributed by atoms with van der Waals surface area (Å²) in [5.74, 6) is 0.890. The molecule has 0 aliphatic carbocycles. The van der Waals surface area contributed by atoms with Crippen molar-refractivity contribution in [2.24, 2.45) is 0 Å². The predicted molar refractivity (Wildman–Crippen MR) is 114 cm³/mol. The summed E-state index contributed by atoms with van der Waals surface area (Å²) in [7, 11) is 1.62. The van der Waals surface area contributed by atoms with Crippen LogP contribution in [0.2, 0.25) is 5.02 Å². The van der Waals surface area contributed by atoms with Crippen LogP contribution < -0.4 is 10.1 Å². The second kappa shape index (κ2) is 7.83. The van der Waals surface area contributed by atoms with E-state index in [-0.39, 0.29) is 11.8 Å². The number of carbonyl (C=O) groups is 1. The molecule has 2 aromatic heterocycles. The Balaban J connectivity index is 1.89. The summed E-state index contributed by atoms with van der Waals surface area (Å²) in [6.45, 7) is 0. The van der Waals surface area contributed by atoms with E-state index in [0.717, 1.165) is 22.3 Å². The Kier molecular flexibility index (Phi) is 5.26. The summed E-state index contributed by atoms with van der Waals surface area (Å²) in [5.41, 5.74) is 3.15. The molecule has 0 radical (unpaired) electrons. The number of ether oxygens (including phenoxy) is 1.